The molecule has 0 radical (unpaired) electrons. The Balaban J connectivity index is 0.000000204. The van der Waals surface area contributed by atoms with Crippen LogP contribution in [0.15, 0.2) is 186 Å². The summed E-state index contributed by atoms with van der Waals surface area (Å²) in [7, 11) is 0. The molecule has 5 amide bonds. The van der Waals surface area contributed by atoms with Crippen LogP contribution in [0.1, 0.15) is 160 Å². The van der Waals surface area contributed by atoms with E-state index in [1.165, 1.54) is 46.2 Å². The summed E-state index contributed by atoms with van der Waals surface area (Å²) in [6, 6.07) is 60.0. The van der Waals surface area contributed by atoms with Gasteiger partial charge in [-0.1, -0.05) is 160 Å². The number of anilines is 5. The zero-order valence-electron chi connectivity index (χ0n) is 71.0. The highest BCUT2D eigenvalue weighted by Gasteiger charge is 2.25. The van der Waals surface area contributed by atoms with E-state index in [-0.39, 0.29) is 0 Å². The van der Waals surface area contributed by atoms with E-state index >= 15 is 0 Å². The normalized spacial score (nSPS) is 10.9. The first-order valence-electron chi connectivity index (χ1n) is 39.7. The van der Waals surface area contributed by atoms with E-state index in [0.717, 1.165) is 121 Å². The maximum atomic E-state index is 11.9. The second-order valence-corrected chi connectivity index (χ2v) is 30.5. The van der Waals surface area contributed by atoms with Crippen molar-refractivity contribution in [3.8, 4) is 28.7 Å². The van der Waals surface area contributed by atoms with Crippen LogP contribution in [0.5, 0.6) is 28.7 Å². The number of amides is 5. The highest BCUT2D eigenvalue weighted by molar-refractivity contribution is 14.1. The third kappa shape index (κ3) is 32.0. The zero-order valence-corrected chi connectivity index (χ0v) is 74.7. The quantitative estimate of drug-likeness (QED) is 0.0238. The zero-order chi connectivity index (χ0) is 85.8. The van der Waals surface area contributed by atoms with Gasteiger partial charge in [0.1, 0.15) is 61.8 Å². The Morgan fingerprint density at radius 1 is 0.314 bits per heavy atom. The molecule has 22 heteroatoms. The summed E-state index contributed by atoms with van der Waals surface area (Å²) < 4.78 is 56.4. The van der Waals surface area contributed by atoms with Gasteiger partial charge in [0.15, 0.2) is 0 Å². The molecule has 0 heterocycles. The molecule has 626 valence electrons. The number of rotatable bonds is 27. The van der Waals surface area contributed by atoms with Gasteiger partial charge < -0.3 is 47.4 Å². The first-order chi connectivity index (χ1) is 56.6. The largest absolute Gasteiger partial charge is 0.489 e. The van der Waals surface area contributed by atoms with Crippen LogP contribution in [-0.2, 0) is 63.1 Å². The van der Waals surface area contributed by atoms with Crippen LogP contribution in [0, 0.1) is 79.7 Å². The van der Waals surface area contributed by atoms with Crippen molar-refractivity contribution in [1.29, 1.82) is 0 Å². The Labute approximate surface area is 718 Å². The fourth-order valence-corrected chi connectivity index (χ4v) is 12.9. The molecule has 0 saturated heterocycles. The standard InChI is InChI=1S/C21H25NO3.C20H25NO3.C19H23NO3.C18H20BrNO3.C18H20INO3/c1-4-24-21(23)22-19-12-17(16-6-7-16)8-9-18(19)13-25-20-10-5-14(2)11-15(20)3;1-5-16-8-9-17(18(12-16)21-20(22)23-6-2)13-24-19-10-7-14(3)11-15(19)4;1-5-22-19(21)20-17-11-14(3)6-8-16(17)12-23-18-9-7-13(2)10-15(18)4;2*1-4-22-18(21)20-16-10-15(19)7-6-14(16)11-23-17-8-5-12(2)9-13(17)3/h5,8-12,16H,4,6-7,13H2,1-3H3,(H,22,23);7-12H,5-6,13H2,1-4H3,(H,21,22);6-11H,5,12H2,1-4H3,(H,20,21);2*5-10H,4,11H2,1-3H3,(H,20,21). The minimum atomic E-state index is -0.474. The fraction of sp³-hybridized carbons (Fsp3) is 0.323. The molecule has 11 rings (SSSR count). The molecule has 0 aliphatic heterocycles. The van der Waals surface area contributed by atoms with Crippen molar-refractivity contribution in [1.82, 2.24) is 0 Å². The van der Waals surface area contributed by atoms with E-state index in [0.29, 0.717) is 89.0 Å². The number of carbonyl (C=O) groups excluding carboxylic acids is 5. The summed E-state index contributed by atoms with van der Waals surface area (Å²) in [6.07, 6.45) is 1.08. The van der Waals surface area contributed by atoms with E-state index in [2.05, 4.69) is 148 Å². The SMILES string of the molecule is CCOC(=O)Nc1cc(Br)ccc1COc1ccc(C)cc1C.CCOC(=O)Nc1cc(C)ccc1COc1ccc(C)cc1C.CCOC(=O)Nc1cc(C2CC2)ccc1COc1ccc(C)cc1C.CCOC(=O)Nc1cc(CC)ccc1COc1ccc(C)cc1C.CCOC(=O)Nc1cc(I)ccc1COc1ccc(C)cc1C. The van der Waals surface area contributed by atoms with E-state index in [9.17, 15) is 24.0 Å². The molecule has 10 aromatic carbocycles. The Morgan fingerprint density at radius 2 is 0.576 bits per heavy atom. The average molecular weight is 1780 g/mol. The summed E-state index contributed by atoms with van der Waals surface area (Å²) in [4.78, 5) is 58.6. The minimum absolute atomic E-state index is 0.328. The van der Waals surface area contributed by atoms with Crippen LogP contribution in [-0.4, -0.2) is 63.5 Å². The number of hydrogen-bond acceptors (Lipinski definition) is 15. The van der Waals surface area contributed by atoms with Crippen LogP contribution < -0.4 is 50.3 Å². The predicted octanol–water partition coefficient (Wildman–Crippen LogP) is 25.4. The highest BCUT2D eigenvalue weighted by atomic mass is 127. The maximum Gasteiger partial charge on any atom is 0.411 e. The smallest absolute Gasteiger partial charge is 0.411 e. The molecule has 0 aromatic heterocycles. The van der Waals surface area contributed by atoms with Gasteiger partial charge in [0.2, 0.25) is 0 Å². The molecule has 10 aromatic rings. The number of benzene rings is 10. The molecule has 1 fully saturated rings. The van der Waals surface area contributed by atoms with E-state index < -0.39 is 30.5 Å². The van der Waals surface area contributed by atoms with Crippen molar-refractivity contribution in [3.05, 3.63) is 290 Å². The number of ether oxygens (including phenoxy) is 10. The molecule has 0 spiro atoms. The first kappa shape index (κ1) is 93.9. The molecule has 1 aliphatic rings. The summed E-state index contributed by atoms with van der Waals surface area (Å²) in [5.74, 6) is 4.85. The van der Waals surface area contributed by atoms with Crippen molar-refractivity contribution < 1.29 is 71.3 Å². The van der Waals surface area contributed by atoms with Gasteiger partial charge in [-0.2, -0.15) is 0 Å². The molecule has 0 atom stereocenters. The van der Waals surface area contributed by atoms with Crippen LogP contribution in [0.25, 0.3) is 0 Å². The van der Waals surface area contributed by atoms with Gasteiger partial charge in [-0.15, -0.1) is 0 Å². The Bertz CT molecular complexity index is 4720. The molecular weight excluding hydrogens is 1670 g/mol. The summed E-state index contributed by atoms with van der Waals surface area (Å²) >= 11 is 5.61. The lowest BCUT2D eigenvalue weighted by molar-refractivity contribution is 0.167. The van der Waals surface area contributed by atoms with E-state index in [4.69, 9.17) is 47.4 Å². The topological polar surface area (TPSA) is 238 Å². The lowest BCUT2D eigenvalue weighted by Crippen LogP contribution is -2.15. The number of carbonyl (C=O) groups is 5. The summed E-state index contributed by atoms with van der Waals surface area (Å²) in [5.41, 5.74) is 23.1. The maximum absolute atomic E-state index is 11.9. The molecule has 0 bridgehead atoms. The Hall–Kier alpha value is -11.2. The summed E-state index contributed by atoms with van der Waals surface area (Å²) in [5, 5.41) is 13.9. The first-order valence-corrected chi connectivity index (χ1v) is 41.5. The second kappa shape index (κ2) is 48.5. The molecule has 118 heavy (non-hydrogen) atoms. The third-order valence-corrected chi connectivity index (χ3v) is 19.5. The Morgan fingerprint density at radius 3 is 0.890 bits per heavy atom. The lowest BCUT2D eigenvalue weighted by Gasteiger charge is -2.15. The second-order valence-electron chi connectivity index (χ2n) is 28.3. The number of hydrogen-bond donors (Lipinski definition) is 5. The van der Waals surface area contributed by atoms with Gasteiger partial charge in [-0.25, -0.2) is 24.0 Å². The van der Waals surface area contributed by atoms with Crippen molar-refractivity contribution >= 4 is 97.4 Å². The van der Waals surface area contributed by atoms with Gasteiger partial charge >= 0.3 is 30.5 Å². The number of halogens is 2. The number of aryl methyl sites for hydroxylation is 12. The van der Waals surface area contributed by atoms with Gasteiger partial charge in [0.25, 0.3) is 0 Å². The van der Waals surface area contributed by atoms with Crippen LogP contribution in [0.2, 0.25) is 0 Å². The molecule has 1 aliphatic carbocycles. The van der Waals surface area contributed by atoms with Crippen LogP contribution in [0.4, 0.5) is 52.4 Å². The van der Waals surface area contributed by atoms with Crippen molar-refractivity contribution in [3.63, 3.8) is 0 Å². The minimum Gasteiger partial charge on any atom is -0.489 e. The lowest BCUT2D eigenvalue weighted by atomic mass is 10.1. The molecule has 0 unspecified atom stereocenters. The van der Waals surface area contributed by atoms with Gasteiger partial charge in [0, 0.05) is 35.9 Å². The van der Waals surface area contributed by atoms with Gasteiger partial charge in [-0.05, 0) is 276 Å². The molecular formula is C96H113BrIN5O15. The van der Waals surface area contributed by atoms with Crippen molar-refractivity contribution in [2.24, 2.45) is 0 Å². The molecule has 5 N–H and O–H groups in total. The van der Waals surface area contributed by atoms with Gasteiger partial charge in [-0.3, -0.25) is 26.6 Å². The Kier molecular flexibility index (Phi) is 38.6. The predicted molar refractivity (Wildman–Crippen MR) is 483 cm³/mol. The molecule has 20 nitrogen and oxygen atoms in total. The average Bonchev–Trinajstić information content (AvgIpc) is 1.62. The van der Waals surface area contributed by atoms with E-state index in [1.54, 1.807) is 34.6 Å². The van der Waals surface area contributed by atoms with Crippen molar-refractivity contribution in [2.45, 2.75) is 176 Å². The van der Waals surface area contributed by atoms with Gasteiger partial charge in [0.05, 0.1) is 61.5 Å². The highest BCUT2D eigenvalue weighted by Crippen LogP contribution is 2.42. The van der Waals surface area contributed by atoms with Crippen LogP contribution >= 0.6 is 38.5 Å². The molecule has 1 saturated carbocycles. The number of nitrogens with one attached hydrogen (secondary N) is 5. The third-order valence-electron chi connectivity index (χ3n) is 18.3. The van der Waals surface area contributed by atoms with Crippen LogP contribution in [0.3, 0.4) is 0 Å². The summed E-state index contributed by atoms with van der Waals surface area (Å²) in [6.45, 7) is 37.0. The monoisotopic (exact) mass is 1780 g/mol. The fourth-order valence-electron chi connectivity index (χ4n) is 12.1. The van der Waals surface area contributed by atoms with Crippen molar-refractivity contribution in [2.75, 3.05) is 59.6 Å². The van der Waals surface area contributed by atoms with E-state index in [1.807, 2.05) is 182 Å².